The van der Waals surface area contributed by atoms with Crippen molar-refractivity contribution in [3.63, 3.8) is 0 Å². The van der Waals surface area contributed by atoms with Crippen molar-refractivity contribution in [1.29, 1.82) is 0 Å². The number of fused-ring (bicyclic) bond motifs is 1. The predicted molar refractivity (Wildman–Crippen MR) is 72.7 cm³/mol. The van der Waals surface area contributed by atoms with E-state index < -0.39 is 17.3 Å². The van der Waals surface area contributed by atoms with Crippen LogP contribution >= 0.6 is 0 Å². The van der Waals surface area contributed by atoms with Crippen molar-refractivity contribution in [1.82, 2.24) is 5.32 Å². The Morgan fingerprint density at radius 1 is 1.16 bits per heavy atom. The summed E-state index contributed by atoms with van der Waals surface area (Å²) in [6.45, 7) is 7.54. The summed E-state index contributed by atoms with van der Waals surface area (Å²) in [6, 6.07) is 7.86. The lowest BCUT2D eigenvalue weighted by Crippen LogP contribution is -2.31. The first-order valence-electron chi connectivity index (χ1n) is 7.00. The van der Waals surface area contributed by atoms with Crippen molar-refractivity contribution in [3.05, 3.63) is 35.4 Å². The van der Waals surface area contributed by atoms with E-state index in [4.69, 9.17) is 0 Å². The second-order valence-corrected chi connectivity index (χ2v) is 6.93. The highest BCUT2D eigenvalue weighted by Crippen LogP contribution is 2.69. The van der Waals surface area contributed by atoms with Crippen LogP contribution in [0.15, 0.2) is 24.3 Å². The third kappa shape index (κ3) is 1.67. The van der Waals surface area contributed by atoms with Crippen LogP contribution in [0.5, 0.6) is 0 Å². The van der Waals surface area contributed by atoms with Gasteiger partial charge in [0.05, 0.1) is 11.3 Å². The molecule has 104 valence electrons. The van der Waals surface area contributed by atoms with Crippen molar-refractivity contribution in [3.8, 4) is 0 Å². The summed E-state index contributed by atoms with van der Waals surface area (Å²) in [5.41, 5.74) is 1.18. The van der Waals surface area contributed by atoms with Crippen LogP contribution in [0.25, 0.3) is 0 Å². The highest BCUT2D eigenvalue weighted by atomic mass is 19.3. The average molecular weight is 265 g/mol. The largest absolute Gasteiger partial charge is 0.316 e. The number of halogens is 2. The van der Waals surface area contributed by atoms with Crippen LogP contribution in [0, 0.1) is 5.92 Å². The molecule has 1 N–H and O–H groups in total. The van der Waals surface area contributed by atoms with Crippen LogP contribution in [0.1, 0.15) is 38.3 Å². The van der Waals surface area contributed by atoms with Gasteiger partial charge in [-0.05, 0) is 29.5 Å². The molecule has 0 amide bonds. The summed E-state index contributed by atoms with van der Waals surface area (Å²) in [5.74, 6) is -3.06. The number of hydrogen-bond donors (Lipinski definition) is 1. The van der Waals surface area contributed by atoms with Crippen molar-refractivity contribution >= 4 is 0 Å². The lowest BCUT2D eigenvalue weighted by Gasteiger charge is -2.24. The molecule has 1 nitrogen and oxygen atoms in total. The normalized spacial score (nSPS) is 32.8. The zero-order valence-electron chi connectivity index (χ0n) is 11.8. The molecule has 1 aliphatic heterocycles. The van der Waals surface area contributed by atoms with Gasteiger partial charge in [0, 0.05) is 6.54 Å². The molecule has 0 spiro atoms. The SMILES string of the molecule is CC(C)(C)c1ccc(C23CCNCC2C3(F)F)cc1. The lowest BCUT2D eigenvalue weighted by atomic mass is 9.83. The summed E-state index contributed by atoms with van der Waals surface area (Å²) < 4.78 is 28.3. The van der Waals surface area contributed by atoms with E-state index in [1.165, 1.54) is 5.56 Å². The third-order valence-electron chi connectivity index (χ3n) is 4.85. The summed E-state index contributed by atoms with van der Waals surface area (Å²) in [6.07, 6.45) is 0.541. The molecule has 3 rings (SSSR count). The van der Waals surface area contributed by atoms with E-state index in [9.17, 15) is 8.78 Å². The van der Waals surface area contributed by atoms with Crippen LogP contribution in [0.3, 0.4) is 0 Å². The fourth-order valence-electron chi connectivity index (χ4n) is 3.51. The number of alkyl halides is 2. The highest BCUT2D eigenvalue weighted by molar-refractivity contribution is 5.44. The van der Waals surface area contributed by atoms with Crippen LogP contribution in [0.4, 0.5) is 8.78 Å². The monoisotopic (exact) mass is 265 g/mol. The van der Waals surface area contributed by atoms with E-state index in [0.717, 1.165) is 5.56 Å². The smallest absolute Gasteiger partial charge is 0.263 e. The molecule has 2 unspecified atom stereocenters. The Morgan fingerprint density at radius 3 is 2.32 bits per heavy atom. The Hall–Kier alpha value is -0.960. The summed E-state index contributed by atoms with van der Waals surface area (Å²) in [7, 11) is 0. The first-order chi connectivity index (χ1) is 8.80. The third-order valence-corrected chi connectivity index (χ3v) is 4.85. The number of hydrogen-bond acceptors (Lipinski definition) is 1. The van der Waals surface area contributed by atoms with Gasteiger partial charge < -0.3 is 5.32 Å². The van der Waals surface area contributed by atoms with Crippen LogP contribution in [-0.2, 0) is 10.8 Å². The van der Waals surface area contributed by atoms with E-state index in [-0.39, 0.29) is 5.41 Å². The Bertz CT molecular complexity index is 486. The topological polar surface area (TPSA) is 12.0 Å². The molecule has 1 aromatic rings. The van der Waals surface area contributed by atoms with Gasteiger partial charge in [0.2, 0.25) is 0 Å². The lowest BCUT2D eigenvalue weighted by molar-refractivity contribution is 0.0781. The zero-order valence-corrected chi connectivity index (χ0v) is 11.8. The highest BCUT2D eigenvalue weighted by Gasteiger charge is 2.80. The second-order valence-electron chi connectivity index (χ2n) is 6.93. The van der Waals surface area contributed by atoms with Crippen molar-refractivity contribution < 1.29 is 8.78 Å². The molecule has 0 radical (unpaired) electrons. The molecule has 2 atom stereocenters. The Morgan fingerprint density at radius 2 is 1.79 bits per heavy atom. The van der Waals surface area contributed by atoms with Crippen LogP contribution in [-0.4, -0.2) is 19.0 Å². The molecule has 1 heterocycles. The standard InChI is InChI=1S/C16H21F2N/c1-14(2,3)11-4-6-12(7-5-11)15-8-9-19-10-13(15)16(15,17)18/h4-7,13,19H,8-10H2,1-3H3. The summed E-state index contributed by atoms with van der Waals surface area (Å²) >= 11 is 0. The van der Waals surface area contributed by atoms with Gasteiger partial charge in [0.25, 0.3) is 5.92 Å². The quantitative estimate of drug-likeness (QED) is 0.819. The first-order valence-corrected chi connectivity index (χ1v) is 7.00. The molecule has 1 aromatic carbocycles. The number of rotatable bonds is 1. The maximum atomic E-state index is 14.1. The Kier molecular flexibility index (Phi) is 2.60. The molecule has 0 aromatic heterocycles. The van der Waals surface area contributed by atoms with E-state index in [1.807, 2.05) is 24.3 Å². The first kappa shape index (κ1) is 13.0. The van der Waals surface area contributed by atoms with Crippen molar-refractivity contribution in [2.45, 2.75) is 43.9 Å². The van der Waals surface area contributed by atoms with Gasteiger partial charge in [-0.25, -0.2) is 8.78 Å². The molecule has 19 heavy (non-hydrogen) atoms. The number of nitrogens with one attached hydrogen (secondary N) is 1. The van der Waals surface area contributed by atoms with Crippen molar-refractivity contribution in [2.24, 2.45) is 5.92 Å². The molecular formula is C16H21F2N. The number of piperidine rings is 1. The fraction of sp³-hybridized carbons (Fsp3) is 0.625. The maximum Gasteiger partial charge on any atom is 0.263 e. The fourth-order valence-corrected chi connectivity index (χ4v) is 3.51. The van der Waals surface area contributed by atoms with Crippen LogP contribution in [0.2, 0.25) is 0 Å². The minimum absolute atomic E-state index is 0.0653. The molecule has 2 aliphatic rings. The van der Waals surface area contributed by atoms with E-state index in [0.29, 0.717) is 19.5 Å². The second kappa shape index (κ2) is 3.78. The molecule has 1 saturated heterocycles. The summed E-state index contributed by atoms with van der Waals surface area (Å²) in [5, 5.41) is 3.08. The molecule has 2 fully saturated rings. The average Bonchev–Trinajstić information content (AvgIpc) is 2.88. The van der Waals surface area contributed by atoms with Gasteiger partial charge in [-0.3, -0.25) is 0 Å². The Labute approximate surface area is 113 Å². The van der Waals surface area contributed by atoms with Gasteiger partial charge in [0.15, 0.2) is 0 Å². The molecule has 1 saturated carbocycles. The van der Waals surface area contributed by atoms with Gasteiger partial charge in [-0.2, -0.15) is 0 Å². The molecular weight excluding hydrogens is 244 g/mol. The summed E-state index contributed by atoms with van der Waals surface area (Å²) in [4.78, 5) is 0. The van der Waals surface area contributed by atoms with Gasteiger partial charge in [-0.1, -0.05) is 45.0 Å². The van der Waals surface area contributed by atoms with Gasteiger partial charge >= 0.3 is 0 Å². The van der Waals surface area contributed by atoms with E-state index in [1.54, 1.807) is 0 Å². The van der Waals surface area contributed by atoms with Crippen LogP contribution < -0.4 is 5.32 Å². The van der Waals surface area contributed by atoms with E-state index in [2.05, 4.69) is 26.1 Å². The van der Waals surface area contributed by atoms with Gasteiger partial charge in [-0.15, -0.1) is 0 Å². The minimum Gasteiger partial charge on any atom is -0.316 e. The van der Waals surface area contributed by atoms with Gasteiger partial charge in [0.1, 0.15) is 0 Å². The van der Waals surface area contributed by atoms with E-state index >= 15 is 0 Å². The maximum absolute atomic E-state index is 14.1. The van der Waals surface area contributed by atoms with Crippen molar-refractivity contribution in [2.75, 3.05) is 13.1 Å². The molecule has 1 aliphatic carbocycles. The molecule has 0 bridgehead atoms. The number of benzene rings is 1. The molecule has 3 heteroatoms. The predicted octanol–water partition coefficient (Wildman–Crippen LogP) is 3.48. The zero-order chi connectivity index (χ0) is 13.9. The minimum atomic E-state index is -2.54. The Balaban J connectivity index is 1.95.